The summed E-state index contributed by atoms with van der Waals surface area (Å²) in [6, 6.07) is 12.7. The van der Waals surface area contributed by atoms with Crippen LogP contribution in [0.5, 0.6) is 0 Å². The van der Waals surface area contributed by atoms with Gasteiger partial charge in [0.05, 0.1) is 23.4 Å². The molecule has 0 bridgehead atoms. The molecule has 0 saturated heterocycles. The van der Waals surface area contributed by atoms with E-state index in [0.29, 0.717) is 0 Å². The van der Waals surface area contributed by atoms with Gasteiger partial charge in [-0.15, -0.1) is 0 Å². The lowest BCUT2D eigenvalue weighted by atomic mass is 10.0. The van der Waals surface area contributed by atoms with Crippen LogP contribution >= 0.6 is 0 Å². The van der Waals surface area contributed by atoms with Gasteiger partial charge in [-0.25, -0.2) is 4.98 Å². The summed E-state index contributed by atoms with van der Waals surface area (Å²) in [5.74, 6) is 0.878. The predicted octanol–water partition coefficient (Wildman–Crippen LogP) is 3.98. The van der Waals surface area contributed by atoms with E-state index in [4.69, 9.17) is 5.73 Å². The van der Waals surface area contributed by atoms with Crippen LogP contribution in [0.3, 0.4) is 0 Å². The maximum absolute atomic E-state index is 6.62. The van der Waals surface area contributed by atoms with Crippen LogP contribution in [0.4, 0.5) is 5.69 Å². The average Bonchev–Trinajstić information content (AvgIpc) is 3.32. The van der Waals surface area contributed by atoms with Crippen molar-refractivity contribution in [2.75, 3.05) is 11.9 Å². The number of aromatic nitrogens is 3. The number of aryl methyl sites for hydroxylation is 1. The highest BCUT2D eigenvalue weighted by atomic mass is 15.3. The van der Waals surface area contributed by atoms with Gasteiger partial charge in [0.1, 0.15) is 17.2 Å². The number of fused-ring (bicyclic) bond motifs is 1. The van der Waals surface area contributed by atoms with Gasteiger partial charge in [-0.05, 0) is 44.6 Å². The summed E-state index contributed by atoms with van der Waals surface area (Å²) in [5.41, 5.74) is 11.4. The molecule has 6 heteroatoms. The molecule has 6 nitrogen and oxygen atoms in total. The molecule has 0 fully saturated rings. The monoisotopic (exact) mass is 388 g/mol. The van der Waals surface area contributed by atoms with Gasteiger partial charge < -0.3 is 19.8 Å². The van der Waals surface area contributed by atoms with Crippen molar-refractivity contribution in [3.05, 3.63) is 66.3 Å². The van der Waals surface area contributed by atoms with Crippen molar-refractivity contribution in [2.24, 2.45) is 10.7 Å². The van der Waals surface area contributed by atoms with Crippen molar-refractivity contribution in [3.63, 3.8) is 0 Å². The fourth-order valence-electron chi connectivity index (χ4n) is 3.92. The molecule has 0 aliphatic carbocycles. The van der Waals surface area contributed by atoms with Crippen LogP contribution in [-0.2, 0) is 13.1 Å². The zero-order valence-electron chi connectivity index (χ0n) is 17.5. The topological polar surface area (TPSA) is 64.4 Å². The third kappa shape index (κ3) is 3.40. The van der Waals surface area contributed by atoms with E-state index >= 15 is 0 Å². The highest BCUT2D eigenvalue weighted by molar-refractivity contribution is 6.01. The van der Waals surface area contributed by atoms with Gasteiger partial charge in [-0.2, -0.15) is 0 Å². The summed E-state index contributed by atoms with van der Waals surface area (Å²) in [7, 11) is 1.80. The van der Waals surface area contributed by atoms with Gasteiger partial charge in [0.15, 0.2) is 0 Å². The molecule has 150 valence electrons. The number of hydrogen-bond acceptors (Lipinski definition) is 3. The molecule has 1 aliphatic rings. The Kier molecular flexibility index (Phi) is 4.88. The number of amidine groups is 1. The molecule has 0 radical (unpaired) electrons. The van der Waals surface area contributed by atoms with Gasteiger partial charge >= 0.3 is 0 Å². The number of hydrogen-bond donors (Lipinski definition) is 1. The van der Waals surface area contributed by atoms with Gasteiger partial charge in [0.2, 0.25) is 0 Å². The number of nitrogens with zero attached hydrogens (tertiary/aromatic N) is 5. The molecule has 3 aromatic rings. The van der Waals surface area contributed by atoms with Crippen LogP contribution < -0.4 is 10.6 Å². The van der Waals surface area contributed by atoms with Gasteiger partial charge in [0, 0.05) is 26.3 Å². The first-order valence-corrected chi connectivity index (χ1v) is 9.96. The second-order valence-corrected chi connectivity index (χ2v) is 7.63. The van der Waals surface area contributed by atoms with Crippen molar-refractivity contribution in [3.8, 4) is 11.4 Å². The van der Waals surface area contributed by atoms with Gasteiger partial charge in [0.25, 0.3) is 0 Å². The van der Waals surface area contributed by atoms with Crippen LogP contribution in [0, 0.1) is 0 Å². The Morgan fingerprint density at radius 2 is 2.00 bits per heavy atom. The van der Waals surface area contributed by atoms with Crippen LogP contribution in [0.1, 0.15) is 32.0 Å². The molecule has 2 aromatic heterocycles. The summed E-state index contributed by atoms with van der Waals surface area (Å²) >= 11 is 0. The van der Waals surface area contributed by atoms with Gasteiger partial charge in [-0.3, -0.25) is 4.99 Å². The number of aliphatic imine (C=N–C) groups is 1. The fourth-order valence-corrected chi connectivity index (χ4v) is 3.92. The summed E-state index contributed by atoms with van der Waals surface area (Å²) in [5, 5.41) is 0. The van der Waals surface area contributed by atoms with E-state index in [9.17, 15) is 0 Å². The van der Waals surface area contributed by atoms with Crippen molar-refractivity contribution in [2.45, 2.75) is 39.5 Å². The van der Waals surface area contributed by atoms with E-state index in [-0.39, 0.29) is 0 Å². The standard InChI is InChI=1S/C23H28N6/c1-5-27-15-19(26-16-27)21-13-22-20(28(21)14-18-9-7-6-8-10-18)11-12-23(3,24)29(22)17(2)25-4/h6-13,15-16H,5,14,24H2,1-4H3. The predicted molar refractivity (Wildman–Crippen MR) is 120 cm³/mol. The summed E-state index contributed by atoms with van der Waals surface area (Å²) in [6.45, 7) is 7.76. The van der Waals surface area contributed by atoms with Crippen molar-refractivity contribution < 1.29 is 0 Å². The molecule has 1 aromatic carbocycles. The normalized spacial score (nSPS) is 18.9. The Morgan fingerprint density at radius 3 is 2.66 bits per heavy atom. The number of nitrogens with two attached hydrogens (primary N) is 1. The molecule has 1 atom stereocenters. The number of imidazole rings is 1. The summed E-state index contributed by atoms with van der Waals surface area (Å²) < 4.78 is 4.41. The Balaban J connectivity index is 1.92. The largest absolute Gasteiger partial charge is 0.337 e. The average molecular weight is 389 g/mol. The molecule has 2 N–H and O–H groups in total. The third-order valence-corrected chi connectivity index (χ3v) is 5.51. The molecule has 0 amide bonds. The van der Waals surface area contributed by atoms with E-state index in [1.807, 2.05) is 32.3 Å². The van der Waals surface area contributed by atoms with Crippen molar-refractivity contribution in [1.82, 2.24) is 14.1 Å². The second-order valence-electron chi connectivity index (χ2n) is 7.63. The third-order valence-electron chi connectivity index (χ3n) is 5.51. The molecule has 0 spiro atoms. The maximum Gasteiger partial charge on any atom is 0.111 e. The van der Waals surface area contributed by atoms with Crippen LogP contribution in [0.15, 0.2) is 60.0 Å². The van der Waals surface area contributed by atoms with Crippen molar-refractivity contribution in [1.29, 1.82) is 0 Å². The molecule has 1 aliphatic heterocycles. The maximum atomic E-state index is 6.62. The van der Waals surface area contributed by atoms with Crippen LogP contribution in [0.2, 0.25) is 0 Å². The Morgan fingerprint density at radius 1 is 1.24 bits per heavy atom. The zero-order valence-corrected chi connectivity index (χ0v) is 17.5. The summed E-state index contributed by atoms with van der Waals surface area (Å²) in [4.78, 5) is 11.2. The van der Waals surface area contributed by atoms with E-state index < -0.39 is 5.66 Å². The number of benzene rings is 1. The molecular weight excluding hydrogens is 360 g/mol. The first-order chi connectivity index (χ1) is 13.9. The minimum atomic E-state index is -0.643. The smallest absolute Gasteiger partial charge is 0.111 e. The highest BCUT2D eigenvalue weighted by Gasteiger charge is 2.34. The van der Waals surface area contributed by atoms with Crippen LogP contribution in [-0.4, -0.2) is 32.7 Å². The molecular formula is C23H28N6. The van der Waals surface area contributed by atoms with Gasteiger partial charge in [-0.1, -0.05) is 30.3 Å². The minimum absolute atomic E-state index is 0.643. The molecule has 29 heavy (non-hydrogen) atoms. The fraction of sp³-hybridized carbons (Fsp3) is 0.304. The second kappa shape index (κ2) is 7.37. The first kappa shape index (κ1) is 19.2. The van der Waals surface area contributed by atoms with E-state index in [0.717, 1.165) is 41.7 Å². The number of anilines is 1. The molecule has 1 unspecified atom stereocenters. The lowest BCUT2D eigenvalue weighted by Gasteiger charge is -2.40. The Bertz CT molecular complexity index is 1070. The summed E-state index contributed by atoms with van der Waals surface area (Å²) in [6.07, 6.45) is 8.14. The lowest BCUT2D eigenvalue weighted by Crippen LogP contribution is -2.56. The Labute approximate surface area is 172 Å². The SMILES string of the molecule is CCn1cnc(-c2cc3c(n2Cc2ccccc2)C=CC(C)(N)N3C(C)=NC)c1. The minimum Gasteiger partial charge on any atom is -0.337 e. The quantitative estimate of drug-likeness (QED) is 0.543. The first-order valence-electron chi connectivity index (χ1n) is 9.96. The molecule has 4 rings (SSSR count). The molecule has 0 saturated carbocycles. The van der Waals surface area contributed by atoms with E-state index in [1.54, 1.807) is 7.05 Å². The molecule has 3 heterocycles. The Hall–Kier alpha value is -3.12. The zero-order chi connectivity index (χ0) is 20.6. The van der Waals surface area contributed by atoms with Crippen LogP contribution in [0.25, 0.3) is 17.5 Å². The van der Waals surface area contributed by atoms with E-state index in [1.165, 1.54) is 5.56 Å². The van der Waals surface area contributed by atoms with E-state index in [2.05, 4.69) is 73.5 Å². The highest BCUT2D eigenvalue weighted by Crippen LogP contribution is 2.39. The van der Waals surface area contributed by atoms with Crippen molar-refractivity contribution >= 4 is 17.6 Å². The number of rotatable bonds is 4. The lowest BCUT2D eigenvalue weighted by molar-refractivity contribution is 0.600.